The van der Waals surface area contributed by atoms with Crippen molar-refractivity contribution in [2.45, 2.75) is 19.9 Å². The Balaban J connectivity index is 2.92. The van der Waals surface area contributed by atoms with E-state index in [1.807, 2.05) is 25.1 Å². The van der Waals surface area contributed by atoms with E-state index in [-0.39, 0.29) is 11.9 Å². The molecule has 1 unspecified atom stereocenters. The molecule has 2 nitrogen and oxygen atoms in total. The summed E-state index contributed by atoms with van der Waals surface area (Å²) in [5, 5.41) is 2.71. The molecule has 1 amide bonds. The molecule has 3 heteroatoms. The highest BCUT2D eigenvalue weighted by Gasteiger charge is 2.11. The average Bonchev–Trinajstić information content (AvgIpc) is 2.21. The number of amides is 1. The van der Waals surface area contributed by atoms with Crippen LogP contribution in [-0.4, -0.2) is 11.9 Å². The summed E-state index contributed by atoms with van der Waals surface area (Å²) in [5.74, 6) is 2.30. The number of hydrogen-bond acceptors (Lipinski definition) is 1. The zero-order valence-corrected chi connectivity index (χ0v) is 10.3. The van der Waals surface area contributed by atoms with Crippen molar-refractivity contribution in [2.75, 3.05) is 0 Å². The first-order chi connectivity index (χ1) is 7.04. The van der Waals surface area contributed by atoms with Gasteiger partial charge in [0, 0.05) is 4.47 Å². The van der Waals surface area contributed by atoms with Gasteiger partial charge < -0.3 is 5.32 Å². The number of nitrogens with one attached hydrogen (secondary N) is 1. The van der Waals surface area contributed by atoms with Gasteiger partial charge >= 0.3 is 0 Å². The highest BCUT2D eigenvalue weighted by atomic mass is 79.9. The van der Waals surface area contributed by atoms with Gasteiger partial charge in [0.1, 0.15) is 0 Å². The number of rotatable bonds is 2. The average molecular weight is 266 g/mol. The molecule has 0 radical (unpaired) electrons. The van der Waals surface area contributed by atoms with Crippen LogP contribution in [-0.2, 0) is 0 Å². The zero-order chi connectivity index (χ0) is 11.4. The van der Waals surface area contributed by atoms with Crippen LogP contribution in [0.25, 0.3) is 0 Å². The molecule has 0 saturated heterocycles. The Kier molecular flexibility index (Phi) is 3.93. The van der Waals surface area contributed by atoms with Crippen LogP contribution in [0.15, 0.2) is 22.7 Å². The van der Waals surface area contributed by atoms with Crippen LogP contribution < -0.4 is 5.32 Å². The Bertz CT molecular complexity index is 420. The van der Waals surface area contributed by atoms with Crippen LogP contribution in [0.2, 0.25) is 0 Å². The lowest BCUT2D eigenvalue weighted by Crippen LogP contribution is -2.31. The third kappa shape index (κ3) is 3.10. The van der Waals surface area contributed by atoms with E-state index in [2.05, 4.69) is 27.2 Å². The molecule has 1 aromatic rings. The van der Waals surface area contributed by atoms with Crippen molar-refractivity contribution in [1.82, 2.24) is 5.32 Å². The molecule has 0 fully saturated rings. The highest BCUT2D eigenvalue weighted by molar-refractivity contribution is 9.10. The third-order valence-electron chi connectivity index (χ3n) is 1.96. The van der Waals surface area contributed by atoms with Gasteiger partial charge in [-0.05, 0) is 41.9 Å². The van der Waals surface area contributed by atoms with Crippen LogP contribution in [0.1, 0.15) is 22.8 Å². The van der Waals surface area contributed by atoms with Crippen LogP contribution in [0.4, 0.5) is 0 Å². The molecule has 0 saturated carbocycles. The summed E-state index contributed by atoms with van der Waals surface area (Å²) in [6.45, 7) is 3.70. The van der Waals surface area contributed by atoms with Crippen molar-refractivity contribution in [3.8, 4) is 12.3 Å². The van der Waals surface area contributed by atoms with E-state index < -0.39 is 0 Å². The molecule has 0 aliphatic heterocycles. The first-order valence-corrected chi connectivity index (χ1v) is 5.37. The lowest BCUT2D eigenvalue weighted by Gasteiger charge is -2.09. The second kappa shape index (κ2) is 4.99. The summed E-state index contributed by atoms with van der Waals surface area (Å²) < 4.78 is 0.773. The van der Waals surface area contributed by atoms with E-state index in [0.29, 0.717) is 5.56 Å². The van der Waals surface area contributed by atoms with Crippen molar-refractivity contribution in [3.05, 3.63) is 33.8 Å². The van der Waals surface area contributed by atoms with Crippen LogP contribution in [0.3, 0.4) is 0 Å². The Labute approximate surface area is 98.2 Å². The zero-order valence-electron chi connectivity index (χ0n) is 8.67. The van der Waals surface area contributed by atoms with Gasteiger partial charge in [0.2, 0.25) is 0 Å². The van der Waals surface area contributed by atoms with E-state index in [1.165, 1.54) is 0 Å². The van der Waals surface area contributed by atoms with Crippen molar-refractivity contribution in [1.29, 1.82) is 0 Å². The molecule has 1 rings (SSSR count). The smallest absolute Gasteiger partial charge is 0.253 e. The molecular weight excluding hydrogens is 254 g/mol. The first kappa shape index (κ1) is 11.8. The fourth-order valence-corrected chi connectivity index (χ4v) is 1.56. The number of aryl methyl sites for hydroxylation is 1. The highest BCUT2D eigenvalue weighted by Crippen LogP contribution is 2.17. The quantitative estimate of drug-likeness (QED) is 0.819. The SMILES string of the molecule is C#CC(C)NC(=O)c1cc(C)ccc1Br. The normalized spacial score (nSPS) is 11.6. The minimum Gasteiger partial charge on any atom is -0.339 e. The second-order valence-corrected chi connectivity index (χ2v) is 4.20. The standard InChI is InChI=1S/C12H12BrNO/c1-4-9(3)14-12(15)10-7-8(2)5-6-11(10)13/h1,5-7,9H,2-3H3,(H,14,15). The van der Waals surface area contributed by atoms with E-state index in [1.54, 1.807) is 6.92 Å². The van der Waals surface area contributed by atoms with Gasteiger partial charge in [0.15, 0.2) is 0 Å². The number of carbonyl (C=O) groups is 1. The predicted octanol–water partition coefficient (Wildman–Crippen LogP) is 2.51. The Morgan fingerprint density at radius 3 is 2.87 bits per heavy atom. The van der Waals surface area contributed by atoms with Gasteiger partial charge in [-0.3, -0.25) is 4.79 Å². The van der Waals surface area contributed by atoms with Crippen molar-refractivity contribution < 1.29 is 4.79 Å². The molecule has 78 valence electrons. The van der Waals surface area contributed by atoms with Gasteiger partial charge in [-0.25, -0.2) is 0 Å². The molecule has 0 spiro atoms. The van der Waals surface area contributed by atoms with Crippen molar-refractivity contribution >= 4 is 21.8 Å². The number of halogens is 1. The maximum Gasteiger partial charge on any atom is 0.253 e. The Hall–Kier alpha value is -1.27. The Morgan fingerprint density at radius 1 is 1.60 bits per heavy atom. The molecule has 1 atom stereocenters. The van der Waals surface area contributed by atoms with Gasteiger partial charge in [-0.15, -0.1) is 6.42 Å². The van der Waals surface area contributed by atoms with Crippen LogP contribution in [0.5, 0.6) is 0 Å². The monoisotopic (exact) mass is 265 g/mol. The molecule has 0 heterocycles. The van der Waals surface area contributed by atoms with E-state index in [9.17, 15) is 4.79 Å². The lowest BCUT2D eigenvalue weighted by atomic mass is 10.1. The van der Waals surface area contributed by atoms with Crippen LogP contribution in [0, 0.1) is 19.3 Å². The third-order valence-corrected chi connectivity index (χ3v) is 2.66. The summed E-state index contributed by atoms with van der Waals surface area (Å²) in [6, 6.07) is 5.35. The summed E-state index contributed by atoms with van der Waals surface area (Å²) in [6.07, 6.45) is 5.19. The van der Waals surface area contributed by atoms with E-state index in [0.717, 1.165) is 10.0 Å². The van der Waals surface area contributed by atoms with Gasteiger partial charge in [-0.2, -0.15) is 0 Å². The Morgan fingerprint density at radius 2 is 2.27 bits per heavy atom. The lowest BCUT2D eigenvalue weighted by molar-refractivity contribution is 0.0947. The minimum absolute atomic E-state index is 0.156. The number of benzene rings is 1. The number of terminal acetylenes is 1. The maximum absolute atomic E-state index is 11.8. The predicted molar refractivity (Wildman–Crippen MR) is 64.6 cm³/mol. The topological polar surface area (TPSA) is 29.1 Å². The maximum atomic E-state index is 11.8. The van der Waals surface area contributed by atoms with Crippen LogP contribution >= 0.6 is 15.9 Å². The van der Waals surface area contributed by atoms with Crippen molar-refractivity contribution in [2.24, 2.45) is 0 Å². The molecule has 0 bridgehead atoms. The molecule has 0 aliphatic carbocycles. The van der Waals surface area contributed by atoms with Gasteiger partial charge in [0.05, 0.1) is 11.6 Å². The second-order valence-electron chi connectivity index (χ2n) is 3.35. The van der Waals surface area contributed by atoms with E-state index >= 15 is 0 Å². The minimum atomic E-state index is -0.259. The summed E-state index contributed by atoms with van der Waals surface area (Å²) >= 11 is 3.33. The first-order valence-electron chi connectivity index (χ1n) is 4.57. The molecule has 0 aromatic heterocycles. The number of carbonyl (C=O) groups excluding carboxylic acids is 1. The summed E-state index contributed by atoms with van der Waals surface area (Å²) in [7, 11) is 0. The van der Waals surface area contributed by atoms with Crippen molar-refractivity contribution in [3.63, 3.8) is 0 Å². The van der Waals surface area contributed by atoms with E-state index in [4.69, 9.17) is 6.42 Å². The molecule has 15 heavy (non-hydrogen) atoms. The molecule has 1 N–H and O–H groups in total. The fraction of sp³-hybridized carbons (Fsp3) is 0.250. The largest absolute Gasteiger partial charge is 0.339 e. The fourth-order valence-electron chi connectivity index (χ4n) is 1.13. The molecule has 0 aliphatic rings. The summed E-state index contributed by atoms with van der Waals surface area (Å²) in [5.41, 5.74) is 1.65. The molecule has 1 aromatic carbocycles. The summed E-state index contributed by atoms with van der Waals surface area (Å²) in [4.78, 5) is 11.8. The number of hydrogen-bond donors (Lipinski definition) is 1. The van der Waals surface area contributed by atoms with Gasteiger partial charge in [0.25, 0.3) is 5.91 Å². The van der Waals surface area contributed by atoms with Gasteiger partial charge in [-0.1, -0.05) is 17.6 Å². The molecular formula is C12H12BrNO.